The van der Waals surface area contributed by atoms with Crippen molar-refractivity contribution in [2.24, 2.45) is 0 Å². The molecule has 0 bridgehead atoms. The van der Waals surface area contributed by atoms with Crippen LogP contribution in [-0.4, -0.2) is 22.8 Å². The van der Waals surface area contributed by atoms with Crippen molar-refractivity contribution in [1.29, 1.82) is 0 Å². The molecule has 18 valence electrons. The molecular formula is HAlClOZr+3. The first kappa shape index (κ1) is 44.5. The van der Waals surface area contributed by atoms with Gasteiger partial charge in [0.1, 0.15) is 0 Å². The number of hydrogen-bond donors (Lipinski definition) is 0. The molecule has 0 aromatic carbocycles. The largest absolute Gasteiger partial charge is 3.00 e. The Morgan fingerprint density at radius 3 is 1.00 bits per heavy atom. The van der Waals surface area contributed by atoms with Crippen molar-refractivity contribution in [3.8, 4) is 0 Å². The fraction of sp³-hybridized carbons (Fsp3) is 0. The summed E-state index contributed by atoms with van der Waals surface area (Å²) in [6.45, 7) is 0. The molecule has 0 fully saturated rings. The number of hydrogen-bond acceptors (Lipinski definition) is 1. The maximum absolute atomic E-state index is 0. The van der Waals surface area contributed by atoms with Crippen LogP contribution in [0.2, 0.25) is 0 Å². The first-order valence-corrected chi connectivity index (χ1v) is 0. The van der Waals surface area contributed by atoms with E-state index in [-0.39, 0.29) is 61.4 Å². The smallest absolute Gasteiger partial charge is 1.00 e. The Labute approximate surface area is 61.1 Å². The van der Waals surface area contributed by atoms with E-state index < -0.39 is 0 Å². The molecule has 0 unspecified atom stereocenters. The van der Waals surface area contributed by atoms with Gasteiger partial charge in [0.2, 0.25) is 0 Å². The molecule has 0 aliphatic heterocycles. The standard InChI is InChI=1S/Al.ClH.H2O.Zr/h;1H;1H2;/q+3;;;+2/p-2. The molecule has 1 N–H and O–H groups in total. The predicted molar refractivity (Wildman–Crippen MR) is 7.69 cm³/mol. The van der Waals surface area contributed by atoms with Crippen molar-refractivity contribution in [3.05, 3.63) is 0 Å². The van der Waals surface area contributed by atoms with Gasteiger partial charge in [0.25, 0.3) is 0 Å². The van der Waals surface area contributed by atoms with Crippen molar-refractivity contribution in [1.82, 2.24) is 0 Å². The summed E-state index contributed by atoms with van der Waals surface area (Å²) in [7, 11) is 0. The van der Waals surface area contributed by atoms with Crippen LogP contribution in [0, 0.1) is 0 Å². The first-order valence-electron chi connectivity index (χ1n) is 0. The summed E-state index contributed by atoms with van der Waals surface area (Å²) in [6.07, 6.45) is 0. The van der Waals surface area contributed by atoms with Gasteiger partial charge in [0, 0.05) is 0 Å². The molecule has 1 nitrogen and oxygen atoms in total. The Balaban J connectivity index is 0. The van der Waals surface area contributed by atoms with E-state index in [4.69, 9.17) is 0 Å². The molecule has 4 heavy (non-hydrogen) atoms. The Morgan fingerprint density at radius 1 is 1.00 bits per heavy atom. The van der Waals surface area contributed by atoms with Crippen LogP contribution in [0.5, 0.6) is 0 Å². The van der Waals surface area contributed by atoms with E-state index in [1.54, 1.807) is 0 Å². The summed E-state index contributed by atoms with van der Waals surface area (Å²) < 4.78 is 0. The molecule has 0 saturated heterocycles. The average Bonchev–Trinajstić information content (AvgIpc) is 0. The fourth-order valence-corrected chi connectivity index (χ4v) is 0. The van der Waals surface area contributed by atoms with Crippen LogP contribution in [0.4, 0.5) is 0 Å². The molecule has 0 radical (unpaired) electrons. The third kappa shape index (κ3) is 9.39. The van der Waals surface area contributed by atoms with Crippen molar-refractivity contribution >= 4 is 17.4 Å². The van der Waals surface area contributed by atoms with E-state index in [1.807, 2.05) is 0 Å². The van der Waals surface area contributed by atoms with Crippen LogP contribution < -0.4 is 12.4 Å². The minimum Gasteiger partial charge on any atom is -1.00 e. The first-order chi connectivity index (χ1) is 0. The van der Waals surface area contributed by atoms with Crippen molar-refractivity contribution in [2.75, 3.05) is 0 Å². The van der Waals surface area contributed by atoms with Crippen molar-refractivity contribution in [2.45, 2.75) is 0 Å². The summed E-state index contributed by atoms with van der Waals surface area (Å²) in [5.74, 6) is 0. The van der Waals surface area contributed by atoms with Gasteiger partial charge < -0.3 is 17.9 Å². The molecule has 0 saturated carbocycles. The third-order valence-corrected chi connectivity index (χ3v) is 0. The monoisotopic (exact) mass is 169 g/mol. The average molecular weight is 171 g/mol. The van der Waals surface area contributed by atoms with Crippen LogP contribution in [-0.2, 0) is 26.2 Å². The van der Waals surface area contributed by atoms with Gasteiger partial charge in [-0.05, 0) is 0 Å². The van der Waals surface area contributed by atoms with Gasteiger partial charge >= 0.3 is 43.6 Å². The van der Waals surface area contributed by atoms with Gasteiger partial charge in [0.05, 0.1) is 0 Å². The Bertz CT molecular complexity index is 8.00. The van der Waals surface area contributed by atoms with Gasteiger partial charge in [-0.1, -0.05) is 0 Å². The van der Waals surface area contributed by atoms with Crippen LogP contribution in [0.25, 0.3) is 0 Å². The van der Waals surface area contributed by atoms with E-state index >= 15 is 0 Å². The molecule has 0 atom stereocenters. The van der Waals surface area contributed by atoms with Gasteiger partial charge in [-0.2, -0.15) is 0 Å². The number of rotatable bonds is 0. The van der Waals surface area contributed by atoms with Gasteiger partial charge in [-0.3, -0.25) is 0 Å². The third-order valence-electron chi connectivity index (χ3n) is 0. The van der Waals surface area contributed by atoms with Gasteiger partial charge in [-0.15, -0.1) is 0 Å². The van der Waals surface area contributed by atoms with Gasteiger partial charge in [-0.25, -0.2) is 0 Å². The Kier molecular flexibility index (Phi) is 251. The summed E-state index contributed by atoms with van der Waals surface area (Å²) in [5, 5.41) is 0. The SMILES string of the molecule is [Al+3].[Cl-].[OH-].[Zr+2]. The minimum absolute atomic E-state index is 0. The predicted octanol–water partition coefficient (Wildman–Crippen LogP) is -3.56. The molecule has 0 amide bonds. The fourth-order valence-electron chi connectivity index (χ4n) is 0. The van der Waals surface area contributed by atoms with E-state index in [0.29, 0.717) is 0 Å². The maximum atomic E-state index is 0. The number of halogens is 1. The maximum Gasteiger partial charge on any atom is 3.00 e. The quantitative estimate of drug-likeness (QED) is 0.346. The summed E-state index contributed by atoms with van der Waals surface area (Å²) >= 11 is 0. The van der Waals surface area contributed by atoms with Crippen molar-refractivity contribution < 1.29 is 44.1 Å². The zero-order valence-electron chi connectivity index (χ0n) is 1.90. The normalized spacial score (nSPS) is 0. The van der Waals surface area contributed by atoms with Crippen molar-refractivity contribution in [3.63, 3.8) is 0 Å². The molecular weight excluding hydrogens is 170 g/mol. The van der Waals surface area contributed by atoms with Crippen LogP contribution in [0.1, 0.15) is 0 Å². The van der Waals surface area contributed by atoms with Gasteiger partial charge in [0.15, 0.2) is 0 Å². The second-order valence-electron chi connectivity index (χ2n) is 0. The van der Waals surface area contributed by atoms with E-state index in [2.05, 4.69) is 0 Å². The van der Waals surface area contributed by atoms with Crippen LogP contribution in [0.15, 0.2) is 0 Å². The zero-order chi connectivity index (χ0) is 0. The summed E-state index contributed by atoms with van der Waals surface area (Å²) in [5.41, 5.74) is 0. The molecule has 0 aromatic rings. The van der Waals surface area contributed by atoms with Crippen LogP contribution in [0.3, 0.4) is 0 Å². The van der Waals surface area contributed by atoms with E-state index in [9.17, 15) is 0 Å². The topological polar surface area (TPSA) is 30.0 Å². The Hall–Kier alpha value is 1.67. The molecule has 0 rings (SSSR count). The second kappa shape index (κ2) is 22.6. The molecule has 4 heteroatoms. The molecule has 0 heterocycles. The van der Waals surface area contributed by atoms with E-state index in [0.717, 1.165) is 0 Å². The summed E-state index contributed by atoms with van der Waals surface area (Å²) in [4.78, 5) is 0. The molecule has 0 aliphatic carbocycles. The Morgan fingerprint density at radius 2 is 1.00 bits per heavy atom. The molecule has 0 spiro atoms. The van der Waals surface area contributed by atoms with E-state index in [1.165, 1.54) is 0 Å². The zero-order valence-corrected chi connectivity index (χ0v) is 6.27. The molecule has 0 aromatic heterocycles. The molecule has 0 aliphatic rings. The van der Waals surface area contributed by atoms with Crippen LogP contribution >= 0.6 is 0 Å². The summed E-state index contributed by atoms with van der Waals surface area (Å²) in [6, 6.07) is 0. The minimum atomic E-state index is 0. The second-order valence-corrected chi connectivity index (χ2v) is 0.